The Bertz CT molecular complexity index is 1750. The number of hydrogen-bond acceptors (Lipinski definition) is 5. The summed E-state index contributed by atoms with van der Waals surface area (Å²) in [5.74, 6) is -1.26. The number of rotatable bonds is 14. The lowest BCUT2D eigenvalue weighted by Gasteiger charge is -2.34. The fourth-order valence-corrected chi connectivity index (χ4v) is 6.86. The lowest BCUT2D eigenvalue weighted by molar-refractivity contribution is -0.140. The second kappa shape index (κ2) is 16.1. The third-order valence-corrected chi connectivity index (χ3v) is 9.70. The van der Waals surface area contributed by atoms with Gasteiger partial charge in [0.15, 0.2) is 0 Å². The molecule has 0 heterocycles. The Kier molecular flexibility index (Phi) is 12.3. The standard InChI is InChI=1S/C35H36Cl2FN3O5S/c1-4-46-28-17-19-29(20-18-28)47(44,45)41(27-15-13-26(38)14-16-27)23-34(42)40(22-30-31(36)11-8-12-32(30)37)33(35(43)39-24(2)3)21-25-9-6-5-7-10-25/h5-20,24,33H,4,21-23H2,1-3H3,(H,39,43)/t33-/m0/s1. The maximum Gasteiger partial charge on any atom is 0.264 e. The number of halogens is 3. The zero-order chi connectivity index (χ0) is 34.1. The Morgan fingerprint density at radius 2 is 1.49 bits per heavy atom. The van der Waals surface area contributed by atoms with E-state index in [2.05, 4.69) is 5.32 Å². The van der Waals surface area contributed by atoms with Crippen LogP contribution in [0.4, 0.5) is 10.1 Å². The van der Waals surface area contributed by atoms with Crippen molar-refractivity contribution in [2.45, 2.75) is 50.7 Å². The molecule has 8 nitrogen and oxygen atoms in total. The minimum Gasteiger partial charge on any atom is -0.494 e. The fraction of sp³-hybridized carbons (Fsp3) is 0.257. The van der Waals surface area contributed by atoms with E-state index in [9.17, 15) is 22.4 Å². The summed E-state index contributed by atoms with van der Waals surface area (Å²) in [7, 11) is -4.39. The van der Waals surface area contributed by atoms with E-state index < -0.39 is 40.2 Å². The highest BCUT2D eigenvalue weighted by Gasteiger charge is 2.35. The predicted molar refractivity (Wildman–Crippen MR) is 183 cm³/mol. The predicted octanol–water partition coefficient (Wildman–Crippen LogP) is 6.89. The van der Waals surface area contributed by atoms with Crippen molar-refractivity contribution in [2.24, 2.45) is 0 Å². The van der Waals surface area contributed by atoms with Crippen molar-refractivity contribution in [3.05, 3.63) is 124 Å². The molecule has 0 saturated carbocycles. The van der Waals surface area contributed by atoms with E-state index in [0.717, 1.165) is 22.0 Å². The Labute approximate surface area is 285 Å². The van der Waals surface area contributed by atoms with Gasteiger partial charge in [-0.25, -0.2) is 12.8 Å². The summed E-state index contributed by atoms with van der Waals surface area (Å²) in [6.07, 6.45) is 0.120. The van der Waals surface area contributed by atoms with Gasteiger partial charge in [-0.2, -0.15) is 0 Å². The third kappa shape index (κ3) is 9.24. The van der Waals surface area contributed by atoms with Crippen molar-refractivity contribution in [1.82, 2.24) is 10.2 Å². The van der Waals surface area contributed by atoms with Gasteiger partial charge in [0.1, 0.15) is 24.2 Å². The summed E-state index contributed by atoms with van der Waals surface area (Å²) in [6.45, 7) is 4.88. The molecule has 0 aliphatic heterocycles. The summed E-state index contributed by atoms with van der Waals surface area (Å²) in [5.41, 5.74) is 1.22. The van der Waals surface area contributed by atoms with Crippen LogP contribution in [0, 0.1) is 5.82 Å². The maximum absolute atomic E-state index is 14.5. The van der Waals surface area contributed by atoms with Crippen LogP contribution in [0.25, 0.3) is 0 Å². The fourth-order valence-electron chi connectivity index (χ4n) is 4.93. The first kappa shape index (κ1) is 35.7. The van der Waals surface area contributed by atoms with Crippen LogP contribution in [0.15, 0.2) is 102 Å². The van der Waals surface area contributed by atoms with Gasteiger partial charge in [0.25, 0.3) is 10.0 Å². The van der Waals surface area contributed by atoms with Gasteiger partial charge >= 0.3 is 0 Å². The number of ether oxygens (including phenoxy) is 1. The molecule has 0 fully saturated rings. The van der Waals surface area contributed by atoms with E-state index in [1.807, 2.05) is 30.3 Å². The number of nitrogens with zero attached hydrogens (tertiary/aromatic N) is 2. The molecule has 4 aromatic carbocycles. The van der Waals surface area contributed by atoms with E-state index in [4.69, 9.17) is 27.9 Å². The first-order valence-corrected chi connectivity index (χ1v) is 17.2. The van der Waals surface area contributed by atoms with Crippen LogP contribution in [0.5, 0.6) is 5.75 Å². The van der Waals surface area contributed by atoms with Crippen LogP contribution < -0.4 is 14.4 Å². The van der Waals surface area contributed by atoms with Gasteiger partial charge in [0.05, 0.1) is 17.2 Å². The second-order valence-corrected chi connectivity index (χ2v) is 13.7. The first-order chi connectivity index (χ1) is 22.4. The molecule has 0 aliphatic rings. The molecule has 47 heavy (non-hydrogen) atoms. The smallest absolute Gasteiger partial charge is 0.264 e. The molecule has 1 atom stereocenters. The van der Waals surface area contributed by atoms with Crippen molar-refractivity contribution >= 4 is 50.7 Å². The highest BCUT2D eigenvalue weighted by atomic mass is 35.5. The SMILES string of the molecule is CCOc1ccc(S(=O)(=O)N(CC(=O)N(Cc2c(Cl)cccc2Cl)[C@@H](Cc2ccccc2)C(=O)NC(C)C)c2ccc(F)cc2)cc1. The number of anilines is 1. The summed E-state index contributed by atoms with van der Waals surface area (Å²) in [4.78, 5) is 29.5. The Balaban J connectivity index is 1.82. The van der Waals surface area contributed by atoms with Crippen LogP contribution in [-0.2, 0) is 32.6 Å². The molecule has 0 aliphatic carbocycles. The van der Waals surface area contributed by atoms with E-state index in [-0.39, 0.29) is 39.6 Å². The molecular formula is C35H36Cl2FN3O5S. The maximum atomic E-state index is 14.5. The topological polar surface area (TPSA) is 96.0 Å². The van der Waals surface area contributed by atoms with Crippen LogP contribution >= 0.6 is 23.2 Å². The highest BCUT2D eigenvalue weighted by molar-refractivity contribution is 7.92. The van der Waals surface area contributed by atoms with Crippen LogP contribution in [0.1, 0.15) is 31.9 Å². The molecule has 0 saturated heterocycles. The summed E-state index contributed by atoms with van der Waals surface area (Å²) >= 11 is 13.1. The first-order valence-electron chi connectivity index (χ1n) is 15.0. The number of amides is 2. The number of hydrogen-bond donors (Lipinski definition) is 1. The number of benzene rings is 4. The molecule has 2 amide bonds. The summed E-state index contributed by atoms with van der Waals surface area (Å²) < 4.78 is 48.6. The molecule has 12 heteroatoms. The third-order valence-electron chi connectivity index (χ3n) is 7.21. The van der Waals surface area contributed by atoms with Crippen LogP contribution in [0.3, 0.4) is 0 Å². The molecule has 0 bridgehead atoms. The van der Waals surface area contributed by atoms with Gasteiger partial charge in [-0.1, -0.05) is 59.6 Å². The van der Waals surface area contributed by atoms with Gasteiger partial charge in [0, 0.05) is 34.6 Å². The Morgan fingerprint density at radius 1 is 0.872 bits per heavy atom. The van der Waals surface area contributed by atoms with Crippen molar-refractivity contribution in [2.75, 3.05) is 17.5 Å². The second-order valence-electron chi connectivity index (χ2n) is 11.0. The minimum absolute atomic E-state index is 0.0515. The quantitative estimate of drug-likeness (QED) is 0.155. The van der Waals surface area contributed by atoms with E-state index in [0.29, 0.717) is 17.9 Å². The summed E-state index contributed by atoms with van der Waals surface area (Å²) in [5, 5.41) is 3.44. The van der Waals surface area contributed by atoms with Gasteiger partial charge in [-0.05, 0) is 87.0 Å². The molecule has 248 valence electrons. The number of sulfonamides is 1. The zero-order valence-corrected chi connectivity index (χ0v) is 28.5. The van der Waals surface area contributed by atoms with Crippen LogP contribution in [0.2, 0.25) is 10.0 Å². The molecule has 0 aromatic heterocycles. The minimum atomic E-state index is -4.39. The lowest BCUT2D eigenvalue weighted by Crippen LogP contribution is -2.54. The molecule has 4 aromatic rings. The van der Waals surface area contributed by atoms with E-state index in [1.54, 1.807) is 39.0 Å². The van der Waals surface area contributed by atoms with Crippen molar-refractivity contribution < 1.29 is 27.1 Å². The highest BCUT2D eigenvalue weighted by Crippen LogP contribution is 2.29. The van der Waals surface area contributed by atoms with Gasteiger partial charge in [0.2, 0.25) is 11.8 Å². The molecule has 1 N–H and O–H groups in total. The Hall–Kier alpha value is -4.12. The van der Waals surface area contributed by atoms with Gasteiger partial charge in [-0.15, -0.1) is 0 Å². The van der Waals surface area contributed by atoms with Crippen molar-refractivity contribution in [3.63, 3.8) is 0 Å². The van der Waals surface area contributed by atoms with E-state index >= 15 is 0 Å². The number of nitrogens with one attached hydrogen (secondary N) is 1. The van der Waals surface area contributed by atoms with Crippen molar-refractivity contribution in [3.8, 4) is 5.75 Å². The molecule has 0 unspecified atom stereocenters. The normalized spacial score (nSPS) is 12.0. The monoisotopic (exact) mass is 699 g/mol. The largest absolute Gasteiger partial charge is 0.494 e. The number of carbonyl (C=O) groups is 2. The van der Waals surface area contributed by atoms with E-state index in [1.165, 1.54) is 41.3 Å². The lowest BCUT2D eigenvalue weighted by atomic mass is 10.0. The van der Waals surface area contributed by atoms with Crippen molar-refractivity contribution in [1.29, 1.82) is 0 Å². The zero-order valence-electron chi connectivity index (χ0n) is 26.2. The molecule has 0 radical (unpaired) electrons. The molecule has 4 rings (SSSR count). The van der Waals surface area contributed by atoms with Gasteiger partial charge < -0.3 is 15.0 Å². The Morgan fingerprint density at radius 3 is 2.06 bits per heavy atom. The number of carbonyl (C=O) groups excluding carboxylic acids is 2. The summed E-state index contributed by atoms with van der Waals surface area (Å²) in [6, 6.07) is 23.3. The molecule has 0 spiro atoms. The van der Waals surface area contributed by atoms with Gasteiger partial charge in [-0.3, -0.25) is 13.9 Å². The average Bonchev–Trinajstić information content (AvgIpc) is 3.03. The van der Waals surface area contributed by atoms with Crippen LogP contribution in [-0.4, -0.2) is 50.4 Å². The molecular weight excluding hydrogens is 664 g/mol. The average molecular weight is 701 g/mol.